The zero-order chi connectivity index (χ0) is 18.7. The fourth-order valence-electron chi connectivity index (χ4n) is 3.14. The topological polar surface area (TPSA) is 56.4 Å². The van der Waals surface area contributed by atoms with Gasteiger partial charge in [-0.3, -0.25) is 0 Å². The average Bonchev–Trinajstić information content (AvgIpc) is 3.35. The molecule has 1 N–H and O–H groups in total. The lowest BCUT2D eigenvalue weighted by atomic mass is 10.0. The van der Waals surface area contributed by atoms with Gasteiger partial charge in [0.05, 0.1) is 19.1 Å². The number of hydrogen-bond acceptors (Lipinski definition) is 4. The number of hydrogen-bond donors (Lipinski definition) is 1. The van der Waals surface area contributed by atoms with Gasteiger partial charge in [-0.1, -0.05) is 18.5 Å². The minimum atomic E-state index is -0.836. The van der Waals surface area contributed by atoms with E-state index in [1.165, 1.54) is 0 Å². The molecular weight excluding hydrogens is 364 g/mol. The van der Waals surface area contributed by atoms with E-state index in [0.717, 1.165) is 29.3 Å². The number of halogens is 1. The van der Waals surface area contributed by atoms with E-state index in [0.29, 0.717) is 18.1 Å². The third kappa shape index (κ3) is 4.00. The lowest BCUT2D eigenvalue weighted by Gasteiger charge is -2.28. The summed E-state index contributed by atoms with van der Waals surface area (Å²) >= 11 is 5.91. The highest BCUT2D eigenvalue weighted by Gasteiger charge is 2.43. The molecule has 1 saturated heterocycles. The van der Waals surface area contributed by atoms with E-state index in [2.05, 4.69) is 16.9 Å². The lowest BCUT2D eigenvalue weighted by Crippen LogP contribution is -2.31. The molecule has 0 radical (unpaired) electrons. The fraction of sp³-hybridized carbons (Fsp3) is 0.286. The van der Waals surface area contributed by atoms with E-state index in [1.807, 2.05) is 36.4 Å². The van der Waals surface area contributed by atoms with Gasteiger partial charge in [-0.2, -0.15) is 0 Å². The van der Waals surface area contributed by atoms with Crippen LogP contribution in [0.4, 0.5) is 0 Å². The molecule has 5 nitrogen and oxygen atoms in total. The zero-order valence-electron chi connectivity index (χ0n) is 15.0. The van der Waals surface area contributed by atoms with Crippen LogP contribution in [0.3, 0.4) is 0 Å². The molecule has 2 unspecified atom stereocenters. The van der Waals surface area contributed by atoms with Crippen LogP contribution in [0.5, 0.6) is 11.5 Å². The standard InChI is InChI=1S/C21H21ClN2O3/c1-2-17-14-25-21(27-17,13-20-23-11-12-24-20)15-3-7-18(8-4-15)26-19-9-5-16(22)6-10-19/h3-12,17H,2,13-14H2,1H3,(H,23,24). The summed E-state index contributed by atoms with van der Waals surface area (Å²) < 4.78 is 18.3. The Kier molecular flexibility index (Phi) is 5.16. The van der Waals surface area contributed by atoms with Gasteiger partial charge in [0.15, 0.2) is 0 Å². The third-order valence-electron chi connectivity index (χ3n) is 4.61. The smallest absolute Gasteiger partial charge is 0.202 e. The van der Waals surface area contributed by atoms with Crippen LogP contribution in [0.1, 0.15) is 24.7 Å². The second-order valence-electron chi connectivity index (χ2n) is 6.51. The van der Waals surface area contributed by atoms with Crippen molar-refractivity contribution in [3.8, 4) is 11.5 Å². The highest BCUT2D eigenvalue weighted by atomic mass is 35.5. The number of imidazole rings is 1. The Morgan fingerprint density at radius 2 is 1.85 bits per heavy atom. The summed E-state index contributed by atoms with van der Waals surface area (Å²) in [5, 5.41) is 0.679. The molecule has 0 amide bonds. The quantitative estimate of drug-likeness (QED) is 0.644. The van der Waals surface area contributed by atoms with E-state index in [-0.39, 0.29) is 6.10 Å². The van der Waals surface area contributed by atoms with Gasteiger partial charge in [0, 0.05) is 23.0 Å². The summed E-state index contributed by atoms with van der Waals surface area (Å²) in [7, 11) is 0. The number of aromatic amines is 1. The Labute approximate surface area is 163 Å². The van der Waals surface area contributed by atoms with Crippen LogP contribution < -0.4 is 4.74 Å². The minimum absolute atomic E-state index is 0.0740. The van der Waals surface area contributed by atoms with Gasteiger partial charge in [0.2, 0.25) is 5.79 Å². The number of ether oxygens (including phenoxy) is 3. The largest absolute Gasteiger partial charge is 0.457 e. The van der Waals surface area contributed by atoms with Crippen LogP contribution in [-0.4, -0.2) is 22.7 Å². The normalized spacial score (nSPS) is 22.1. The van der Waals surface area contributed by atoms with Crippen LogP contribution in [0, 0.1) is 0 Å². The van der Waals surface area contributed by atoms with Crippen LogP contribution >= 0.6 is 11.6 Å². The van der Waals surface area contributed by atoms with Crippen molar-refractivity contribution in [3.63, 3.8) is 0 Å². The maximum absolute atomic E-state index is 6.29. The summed E-state index contributed by atoms with van der Waals surface area (Å²) in [4.78, 5) is 7.46. The predicted octanol–water partition coefficient (Wildman–Crippen LogP) is 5.08. The van der Waals surface area contributed by atoms with E-state index < -0.39 is 5.79 Å². The molecule has 0 bridgehead atoms. The van der Waals surface area contributed by atoms with E-state index >= 15 is 0 Å². The van der Waals surface area contributed by atoms with Crippen LogP contribution in [0.2, 0.25) is 5.02 Å². The first-order valence-corrected chi connectivity index (χ1v) is 9.39. The van der Waals surface area contributed by atoms with Crippen LogP contribution in [0.25, 0.3) is 0 Å². The lowest BCUT2D eigenvalue weighted by molar-refractivity contribution is -0.177. The Morgan fingerprint density at radius 3 is 2.44 bits per heavy atom. The van der Waals surface area contributed by atoms with Crippen molar-refractivity contribution in [2.45, 2.75) is 31.7 Å². The molecule has 1 fully saturated rings. The number of aromatic nitrogens is 2. The molecule has 1 aliphatic rings. The minimum Gasteiger partial charge on any atom is -0.457 e. The van der Waals surface area contributed by atoms with Gasteiger partial charge >= 0.3 is 0 Å². The number of rotatable bonds is 6. The Balaban J connectivity index is 1.56. The molecule has 0 saturated carbocycles. The van der Waals surface area contributed by atoms with Crippen molar-refractivity contribution in [1.29, 1.82) is 0 Å². The van der Waals surface area contributed by atoms with E-state index in [4.69, 9.17) is 25.8 Å². The maximum Gasteiger partial charge on any atom is 0.202 e. The van der Waals surface area contributed by atoms with Crippen molar-refractivity contribution in [3.05, 3.63) is 77.3 Å². The van der Waals surface area contributed by atoms with Crippen molar-refractivity contribution in [2.24, 2.45) is 0 Å². The van der Waals surface area contributed by atoms with Gasteiger partial charge < -0.3 is 19.2 Å². The van der Waals surface area contributed by atoms with Gasteiger partial charge in [-0.05, 0) is 55.0 Å². The summed E-state index contributed by atoms with van der Waals surface area (Å²) in [6.45, 7) is 2.67. The van der Waals surface area contributed by atoms with Gasteiger partial charge in [0.25, 0.3) is 0 Å². The molecule has 2 aromatic carbocycles. The first-order chi connectivity index (χ1) is 13.2. The van der Waals surface area contributed by atoms with E-state index in [1.54, 1.807) is 24.5 Å². The van der Waals surface area contributed by atoms with Crippen molar-refractivity contribution >= 4 is 11.6 Å². The number of H-pyrrole nitrogens is 1. The average molecular weight is 385 g/mol. The molecule has 0 spiro atoms. The molecule has 4 rings (SSSR count). The summed E-state index contributed by atoms with van der Waals surface area (Å²) in [6, 6.07) is 15.1. The highest BCUT2D eigenvalue weighted by molar-refractivity contribution is 6.30. The molecule has 0 aliphatic carbocycles. The maximum atomic E-state index is 6.29. The monoisotopic (exact) mass is 384 g/mol. The van der Waals surface area contributed by atoms with Crippen molar-refractivity contribution in [2.75, 3.05) is 6.61 Å². The Morgan fingerprint density at radius 1 is 1.15 bits per heavy atom. The molecule has 1 aromatic heterocycles. The van der Waals surface area contributed by atoms with Gasteiger partial charge in [-0.25, -0.2) is 4.98 Å². The number of nitrogens with zero attached hydrogens (tertiary/aromatic N) is 1. The van der Waals surface area contributed by atoms with Gasteiger partial charge in [-0.15, -0.1) is 0 Å². The van der Waals surface area contributed by atoms with Crippen LogP contribution in [0.15, 0.2) is 60.9 Å². The molecule has 2 atom stereocenters. The SMILES string of the molecule is CCC1COC(Cc2ncc[nH]2)(c2ccc(Oc3ccc(Cl)cc3)cc2)O1. The zero-order valence-corrected chi connectivity index (χ0v) is 15.8. The molecular formula is C21H21ClN2O3. The molecule has 1 aliphatic heterocycles. The van der Waals surface area contributed by atoms with E-state index in [9.17, 15) is 0 Å². The Hall–Kier alpha value is -2.34. The number of benzene rings is 2. The molecule has 140 valence electrons. The summed E-state index contributed by atoms with van der Waals surface area (Å²) in [5.41, 5.74) is 0.943. The second-order valence-corrected chi connectivity index (χ2v) is 6.94. The summed E-state index contributed by atoms with van der Waals surface area (Å²) in [5.74, 6) is 1.46. The third-order valence-corrected chi connectivity index (χ3v) is 4.87. The predicted molar refractivity (Wildman–Crippen MR) is 103 cm³/mol. The van der Waals surface area contributed by atoms with Crippen molar-refractivity contribution in [1.82, 2.24) is 9.97 Å². The first-order valence-electron chi connectivity index (χ1n) is 9.01. The first kappa shape index (κ1) is 18.0. The Bertz CT molecular complexity index is 865. The van der Waals surface area contributed by atoms with Gasteiger partial charge in [0.1, 0.15) is 17.3 Å². The van der Waals surface area contributed by atoms with Crippen molar-refractivity contribution < 1.29 is 14.2 Å². The number of nitrogens with one attached hydrogen (secondary N) is 1. The molecule has 6 heteroatoms. The highest BCUT2D eigenvalue weighted by Crippen LogP contribution is 2.38. The second kappa shape index (κ2) is 7.72. The molecule has 27 heavy (non-hydrogen) atoms. The molecule has 3 aromatic rings. The summed E-state index contributed by atoms with van der Waals surface area (Å²) in [6.07, 6.45) is 5.03. The van der Waals surface area contributed by atoms with Crippen LogP contribution in [-0.2, 0) is 21.7 Å². The fourth-order valence-corrected chi connectivity index (χ4v) is 3.27. The molecule has 2 heterocycles.